The summed E-state index contributed by atoms with van der Waals surface area (Å²) in [7, 11) is 1.74. The zero-order chi connectivity index (χ0) is 21.7. The van der Waals surface area contributed by atoms with Crippen LogP contribution in [0.4, 0.5) is 0 Å². The summed E-state index contributed by atoms with van der Waals surface area (Å²) in [6.45, 7) is 14.8. The SMILES string of the molecule is COCc1ccc(C(CC(CC(C)(C)C)c2ccc(CO)cc2)C(C)(C)C)cc1. The van der Waals surface area contributed by atoms with Crippen molar-refractivity contribution in [3.8, 4) is 0 Å². The summed E-state index contributed by atoms with van der Waals surface area (Å²) in [6.07, 6.45) is 2.25. The first-order chi connectivity index (χ1) is 13.5. The molecule has 0 saturated heterocycles. The molecule has 0 saturated carbocycles. The highest BCUT2D eigenvalue weighted by molar-refractivity contribution is 5.29. The van der Waals surface area contributed by atoms with Gasteiger partial charge in [-0.05, 0) is 57.8 Å². The van der Waals surface area contributed by atoms with Gasteiger partial charge in [0.2, 0.25) is 0 Å². The summed E-state index contributed by atoms with van der Waals surface area (Å²) in [5.41, 5.74) is 5.40. The molecule has 2 unspecified atom stereocenters. The number of hydrogen-bond acceptors (Lipinski definition) is 2. The maximum atomic E-state index is 9.41. The average Bonchev–Trinajstić information content (AvgIpc) is 2.64. The van der Waals surface area contributed by atoms with Crippen molar-refractivity contribution in [3.05, 3.63) is 70.8 Å². The fourth-order valence-corrected chi connectivity index (χ4v) is 4.26. The molecule has 160 valence electrons. The molecule has 2 aromatic carbocycles. The van der Waals surface area contributed by atoms with Gasteiger partial charge in [0.1, 0.15) is 0 Å². The minimum Gasteiger partial charge on any atom is -0.392 e. The predicted molar refractivity (Wildman–Crippen MR) is 123 cm³/mol. The first-order valence-corrected chi connectivity index (χ1v) is 10.8. The number of ether oxygens (including phenoxy) is 1. The molecule has 0 radical (unpaired) electrons. The van der Waals surface area contributed by atoms with Crippen LogP contribution >= 0.6 is 0 Å². The normalized spacial score (nSPS) is 14.6. The van der Waals surface area contributed by atoms with Gasteiger partial charge in [-0.3, -0.25) is 0 Å². The molecular weight excluding hydrogens is 356 g/mol. The van der Waals surface area contributed by atoms with E-state index in [0.717, 1.165) is 18.4 Å². The van der Waals surface area contributed by atoms with E-state index in [1.807, 2.05) is 0 Å². The summed E-state index contributed by atoms with van der Waals surface area (Å²) in [5.74, 6) is 0.939. The molecule has 2 atom stereocenters. The van der Waals surface area contributed by atoms with Crippen LogP contribution in [0.1, 0.15) is 88.5 Å². The van der Waals surface area contributed by atoms with Crippen LogP contribution in [0.3, 0.4) is 0 Å². The lowest BCUT2D eigenvalue weighted by molar-refractivity contribution is 0.185. The van der Waals surface area contributed by atoms with Crippen LogP contribution in [0, 0.1) is 10.8 Å². The molecular formula is C27H40O2. The zero-order valence-electron chi connectivity index (χ0n) is 19.5. The molecule has 0 heterocycles. The lowest BCUT2D eigenvalue weighted by Crippen LogP contribution is -2.23. The topological polar surface area (TPSA) is 29.5 Å². The third-order valence-corrected chi connectivity index (χ3v) is 5.75. The van der Waals surface area contributed by atoms with Crippen LogP contribution in [0.5, 0.6) is 0 Å². The van der Waals surface area contributed by atoms with E-state index in [9.17, 15) is 5.11 Å². The largest absolute Gasteiger partial charge is 0.392 e. The molecule has 0 amide bonds. The van der Waals surface area contributed by atoms with Crippen LogP contribution in [0.2, 0.25) is 0 Å². The van der Waals surface area contributed by atoms with Gasteiger partial charge < -0.3 is 9.84 Å². The second kappa shape index (κ2) is 9.91. The summed E-state index contributed by atoms with van der Waals surface area (Å²) in [4.78, 5) is 0. The van der Waals surface area contributed by atoms with Crippen molar-refractivity contribution in [2.45, 2.75) is 79.4 Å². The molecule has 1 N–H and O–H groups in total. The number of aliphatic hydroxyl groups excluding tert-OH is 1. The van der Waals surface area contributed by atoms with Crippen LogP contribution in [-0.2, 0) is 18.0 Å². The minimum atomic E-state index is 0.0999. The number of hydrogen-bond donors (Lipinski definition) is 1. The highest BCUT2D eigenvalue weighted by atomic mass is 16.5. The van der Waals surface area contributed by atoms with E-state index in [2.05, 4.69) is 90.1 Å². The van der Waals surface area contributed by atoms with Crippen molar-refractivity contribution in [1.82, 2.24) is 0 Å². The second-order valence-electron chi connectivity index (χ2n) is 10.7. The first kappa shape index (κ1) is 23.6. The van der Waals surface area contributed by atoms with Crippen molar-refractivity contribution in [2.75, 3.05) is 7.11 Å². The molecule has 0 aliphatic heterocycles. The quantitative estimate of drug-likeness (QED) is 0.517. The lowest BCUT2D eigenvalue weighted by atomic mass is 9.68. The molecule has 0 aromatic heterocycles. The molecule has 0 bridgehead atoms. The second-order valence-corrected chi connectivity index (χ2v) is 10.7. The van der Waals surface area contributed by atoms with Crippen LogP contribution < -0.4 is 0 Å². The van der Waals surface area contributed by atoms with Gasteiger partial charge in [-0.25, -0.2) is 0 Å². The Bertz CT molecular complexity index is 730. The Kier molecular flexibility index (Phi) is 8.08. The van der Waals surface area contributed by atoms with E-state index >= 15 is 0 Å². The summed E-state index contributed by atoms with van der Waals surface area (Å²) < 4.78 is 5.27. The highest BCUT2D eigenvalue weighted by Gasteiger charge is 2.31. The third-order valence-electron chi connectivity index (χ3n) is 5.75. The third kappa shape index (κ3) is 7.28. The van der Waals surface area contributed by atoms with E-state index in [-0.39, 0.29) is 17.4 Å². The van der Waals surface area contributed by atoms with Crippen molar-refractivity contribution < 1.29 is 9.84 Å². The molecule has 29 heavy (non-hydrogen) atoms. The Hall–Kier alpha value is -1.64. The molecule has 0 fully saturated rings. The Morgan fingerprint density at radius 2 is 1.31 bits per heavy atom. The molecule has 0 aliphatic rings. The Morgan fingerprint density at radius 1 is 0.793 bits per heavy atom. The lowest BCUT2D eigenvalue weighted by Gasteiger charge is -2.36. The predicted octanol–water partition coefficient (Wildman–Crippen LogP) is 7.07. The highest BCUT2D eigenvalue weighted by Crippen LogP contribution is 2.45. The molecule has 0 spiro atoms. The van der Waals surface area contributed by atoms with Crippen molar-refractivity contribution in [1.29, 1.82) is 0 Å². The molecule has 2 nitrogen and oxygen atoms in total. The maximum Gasteiger partial charge on any atom is 0.0713 e. The molecule has 0 aliphatic carbocycles. The van der Waals surface area contributed by atoms with E-state index in [1.165, 1.54) is 16.7 Å². The Balaban J connectivity index is 2.36. The van der Waals surface area contributed by atoms with Gasteiger partial charge in [-0.2, -0.15) is 0 Å². The van der Waals surface area contributed by atoms with Gasteiger partial charge in [-0.15, -0.1) is 0 Å². The first-order valence-electron chi connectivity index (χ1n) is 10.8. The van der Waals surface area contributed by atoms with E-state index in [1.54, 1.807) is 7.11 Å². The standard InChI is InChI=1S/C27H40O2/c1-26(2,3)17-24(22-12-8-20(18-28)9-13-22)16-25(27(4,5)6)23-14-10-21(11-15-23)19-29-7/h8-15,24-25,28H,16-19H2,1-7H3. The number of benzene rings is 2. The van der Waals surface area contributed by atoms with E-state index in [0.29, 0.717) is 18.4 Å². The van der Waals surface area contributed by atoms with E-state index in [4.69, 9.17) is 4.74 Å². The van der Waals surface area contributed by atoms with Crippen LogP contribution in [0.25, 0.3) is 0 Å². The summed E-state index contributed by atoms with van der Waals surface area (Å²) in [5, 5.41) is 9.41. The van der Waals surface area contributed by atoms with Gasteiger partial charge in [0, 0.05) is 7.11 Å². The molecule has 2 rings (SSSR count). The maximum absolute atomic E-state index is 9.41. The Morgan fingerprint density at radius 3 is 1.76 bits per heavy atom. The van der Waals surface area contributed by atoms with Gasteiger partial charge >= 0.3 is 0 Å². The fourth-order valence-electron chi connectivity index (χ4n) is 4.26. The van der Waals surface area contributed by atoms with Gasteiger partial charge in [0.15, 0.2) is 0 Å². The summed E-state index contributed by atoms with van der Waals surface area (Å²) >= 11 is 0. The zero-order valence-corrected chi connectivity index (χ0v) is 19.5. The molecule has 2 aromatic rings. The van der Waals surface area contributed by atoms with Gasteiger partial charge in [0.25, 0.3) is 0 Å². The van der Waals surface area contributed by atoms with Crippen molar-refractivity contribution in [2.24, 2.45) is 10.8 Å². The summed E-state index contributed by atoms with van der Waals surface area (Å²) in [6, 6.07) is 17.5. The number of methoxy groups -OCH3 is 1. The van der Waals surface area contributed by atoms with Crippen molar-refractivity contribution >= 4 is 0 Å². The van der Waals surface area contributed by atoms with Gasteiger partial charge in [0.05, 0.1) is 13.2 Å². The van der Waals surface area contributed by atoms with Gasteiger partial charge in [-0.1, -0.05) is 90.1 Å². The fraction of sp³-hybridized carbons (Fsp3) is 0.556. The van der Waals surface area contributed by atoms with Crippen LogP contribution in [-0.4, -0.2) is 12.2 Å². The number of aliphatic hydroxyl groups is 1. The smallest absolute Gasteiger partial charge is 0.0713 e. The minimum absolute atomic E-state index is 0.0999. The van der Waals surface area contributed by atoms with E-state index < -0.39 is 0 Å². The Labute approximate surface area is 178 Å². The molecule has 2 heteroatoms. The monoisotopic (exact) mass is 396 g/mol. The van der Waals surface area contributed by atoms with Crippen LogP contribution in [0.15, 0.2) is 48.5 Å². The number of rotatable bonds is 8. The van der Waals surface area contributed by atoms with Crippen molar-refractivity contribution in [3.63, 3.8) is 0 Å². The average molecular weight is 397 g/mol.